The molecule has 1 aliphatic rings. The molecule has 1 aromatic rings. The standard InChI is InChI=1S/C17H27NO3/c1-12(19)10-17(3,4)11-18-13(2)14-5-6-15-16(9-14)21-8-7-20-15/h5-6,9,12-13,18-19H,7-8,10-11H2,1-4H3. The van der Waals surface area contributed by atoms with Crippen molar-refractivity contribution in [1.82, 2.24) is 5.32 Å². The van der Waals surface area contributed by atoms with Crippen LogP contribution in [0.15, 0.2) is 18.2 Å². The number of hydrogen-bond donors (Lipinski definition) is 2. The van der Waals surface area contributed by atoms with Gasteiger partial charge in [-0.05, 0) is 43.4 Å². The fourth-order valence-corrected chi connectivity index (χ4v) is 2.75. The highest BCUT2D eigenvalue weighted by molar-refractivity contribution is 5.44. The number of fused-ring (bicyclic) bond motifs is 1. The lowest BCUT2D eigenvalue weighted by Gasteiger charge is -2.29. The van der Waals surface area contributed by atoms with Crippen LogP contribution >= 0.6 is 0 Å². The molecule has 0 saturated heterocycles. The summed E-state index contributed by atoms with van der Waals surface area (Å²) in [7, 11) is 0. The molecule has 1 heterocycles. The van der Waals surface area contributed by atoms with Crippen molar-refractivity contribution in [1.29, 1.82) is 0 Å². The fourth-order valence-electron chi connectivity index (χ4n) is 2.75. The van der Waals surface area contributed by atoms with Crippen LogP contribution in [0.25, 0.3) is 0 Å². The maximum Gasteiger partial charge on any atom is 0.161 e. The Bertz CT molecular complexity index is 471. The average Bonchev–Trinajstić information content (AvgIpc) is 2.43. The normalized spacial score (nSPS) is 17.4. The molecule has 1 aliphatic heterocycles. The summed E-state index contributed by atoms with van der Waals surface area (Å²) >= 11 is 0. The van der Waals surface area contributed by atoms with E-state index in [4.69, 9.17) is 9.47 Å². The maximum atomic E-state index is 9.54. The SMILES string of the molecule is CC(O)CC(C)(C)CNC(C)c1ccc2c(c1)OCCO2. The molecule has 2 atom stereocenters. The largest absolute Gasteiger partial charge is 0.486 e. The minimum atomic E-state index is -0.272. The molecule has 118 valence electrons. The number of hydrogen-bond acceptors (Lipinski definition) is 4. The molecule has 0 saturated carbocycles. The lowest BCUT2D eigenvalue weighted by molar-refractivity contribution is 0.127. The van der Waals surface area contributed by atoms with Gasteiger partial charge in [0.25, 0.3) is 0 Å². The van der Waals surface area contributed by atoms with E-state index < -0.39 is 0 Å². The predicted octanol–water partition coefficient (Wildman–Crippen LogP) is 2.91. The third-order valence-corrected chi connectivity index (χ3v) is 3.80. The zero-order chi connectivity index (χ0) is 15.5. The first-order chi connectivity index (χ1) is 9.87. The first kappa shape index (κ1) is 16.1. The number of rotatable bonds is 6. The van der Waals surface area contributed by atoms with Crippen molar-refractivity contribution in [3.05, 3.63) is 23.8 Å². The average molecular weight is 293 g/mol. The Morgan fingerprint density at radius 3 is 2.52 bits per heavy atom. The van der Waals surface area contributed by atoms with Crippen LogP contribution in [0.3, 0.4) is 0 Å². The van der Waals surface area contributed by atoms with Crippen molar-refractivity contribution in [3.8, 4) is 11.5 Å². The summed E-state index contributed by atoms with van der Waals surface area (Å²) in [6, 6.07) is 6.33. The number of aliphatic hydroxyl groups is 1. The smallest absolute Gasteiger partial charge is 0.161 e. The summed E-state index contributed by atoms with van der Waals surface area (Å²) in [5.74, 6) is 1.65. The third-order valence-electron chi connectivity index (χ3n) is 3.80. The van der Waals surface area contributed by atoms with E-state index in [1.165, 1.54) is 5.56 Å². The van der Waals surface area contributed by atoms with Crippen LogP contribution in [-0.2, 0) is 0 Å². The second-order valence-electron chi connectivity index (χ2n) is 6.72. The summed E-state index contributed by atoms with van der Waals surface area (Å²) in [5.41, 5.74) is 1.25. The van der Waals surface area contributed by atoms with Crippen LogP contribution < -0.4 is 14.8 Å². The molecule has 4 nitrogen and oxygen atoms in total. The van der Waals surface area contributed by atoms with E-state index in [1.54, 1.807) is 0 Å². The van der Waals surface area contributed by atoms with E-state index in [0.717, 1.165) is 24.5 Å². The summed E-state index contributed by atoms with van der Waals surface area (Å²) in [5, 5.41) is 13.1. The quantitative estimate of drug-likeness (QED) is 0.847. The van der Waals surface area contributed by atoms with Gasteiger partial charge >= 0.3 is 0 Å². The Kier molecular flexibility index (Phi) is 5.12. The number of aliphatic hydroxyl groups excluding tert-OH is 1. The molecule has 0 spiro atoms. The molecule has 0 bridgehead atoms. The van der Waals surface area contributed by atoms with Crippen molar-refractivity contribution >= 4 is 0 Å². The molecule has 2 unspecified atom stereocenters. The van der Waals surface area contributed by atoms with Crippen molar-refractivity contribution in [2.24, 2.45) is 5.41 Å². The minimum absolute atomic E-state index is 0.0657. The topological polar surface area (TPSA) is 50.7 Å². The van der Waals surface area contributed by atoms with Crippen LogP contribution in [0.5, 0.6) is 11.5 Å². The van der Waals surface area contributed by atoms with Crippen LogP contribution in [0.1, 0.15) is 45.7 Å². The van der Waals surface area contributed by atoms with Gasteiger partial charge in [0.05, 0.1) is 6.10 Å². The van der Waals surface area contributed by atoms with Gasteiger partial charge in [-0.25, -0.2) is 0 Å². The van der Waals surface area contributed by atoms with E-state index in [-0.39, 0.29) is 17.6 Å². The van der Waals surface area contributed by atoms with Gasteiger partial charge in [-0.2, -0.15) is 0 Å². The Labute approximate surface area is 127 Å². The zero-order valence-corrected chi connectivity index (χ0v) is 13.5. The first-order valence-electron chi connectivity index (χ1n) is 7.68. The molecule has 4 heteroatoms. The second kappa shape index (κ2) is 6.67. The Balaban J connectivity index is 1.95. The monoisotopic (exact) mass is 293 g/mol. The van der Waals surface area contributed by atoms with Crippen LogP contribution in [0, 0.1) is 5.41 Å². The lowest BCUT2D eigenvalue weighted by Crippen LogP contribution is -2.33. The van der Waals surface area contributed by atoms with Gasteiger partial charge in [0.2, 0.25) is 0 Å². The molecule has 0 fully saturated rings. The molecule has 0 radical (unpaired) electrons. The second-order valence-corrected chi connectivity index (χ2v) is 6.72. The summed E-state index contributed by atoms with van der Waals surface area (Å²) < 4.78 is 11.2. The van der Waals surface area contributed by atoms with Gasteiger partial charge in [0.15, 0.2) is 11.5 Å². The molecular formula is C17H27NO3. The van der Waals surface area contributed by atoms with Crippen molar-refractivity contribution in [2.45, 2.75) is 46.3 Å². The van der Waals surface area contributed by atoms with Gasteiger partial charge in [0.1, 0.15) is 13.2 Å². The van der Waals surface area contributed by atoms with Crippen molar-refractivity contribution < 1.29 is 14.6 Å². The van der Waals surface area contributed by atoms with E-state index >= 15 is 0 Å². The third kappa shape index (κ3) is 4.61. The maximum absolute atomic E-state index is 9.54. The molecular weight excluding hydrogens is 266 g/mol. The molecule has 0 aliphatic carbocycles. The Morgan fingerprint density at radius 2 is 1.86 bits per heavy atom. The molecule has 21 heavy (non-hydrogen) atoms. The molecule has 0 aromatic heterocycles. The minimum Gasteiger partial charge on any atom is -0.486 e. The number of benzene rings is 1. The van der Waals surface area contributed by atoms with Crippen LogP contribution in [0.2, 0.25) is 0 Å². The Hall–Kier alpha value is -1.26. The molecule has 2 rings (SSSR count). The number of ether oxygens (including phenoxy) is 2. The summed E-state index contributed by atoms with van der Waals surface area (Å²) in [6.45, 7) is 10.4. The highest BCUT2D eigenvalue weighted by Crippen LogP contribution is 2.33. The summed E-state index contributed by atoms with van der Waals surface area (Å²) in [6.07, 6.45) is 0.514. The number of nitrogens with one attached hydrogen (secondary N) is 1. The van der Waals surface area contributed by atoms with Crippen LogP contribution in [0.4, 0.5) is 0 Å². The van der Waals surface area contributed by atoms with Gasteiger partial charge in [-0.3, -0.25) is 0 Å². The Morgan fingerprint density at radius 1 is 1.19 bits per heavy atom. The van der Waals surface area contributed by atoms with Gasteiger partial charge in [-0.1, -0.05) is 19.9 Å². The van der Waals surface area contributed by atoms with Gasteiger partial charge in [-0.15, -0.1) is 0 Å². The lowest BCUT2D eigenvalue weighted by atomic mass is 9.86. The highest BCUT2D eigenvalue weighted by atomic mass is 16.6. The molecule has 0 amide bonds. The van der Waals surface area contributed by atoms with E-state index in [2.05, 4.69) is 32.2 Å². The van der Waals surface area contributed by atoms with Crippen LogP contribution in [-0.4, -0.2) is 31.0 Å². The zero-order valence-electron chi connectivity index (χ0n) is 13.5. The van der Waals surface area contributed by atoms with E-state index in [9.17, 15) is 5.11 Å². The first-order valence-corrected chi connectivity index (χ1v) is 7.68. The molecule has 1 aromatic carbocycles. The molecule has 2 N–H and O–H groups in total. The van der Waals surface area contributed by atoms with Crippen molar-refractivity contribution in [2.75, 3.05) is 19.8 Å². The van der Waals surface area contributed by atoms with Gasteiger partial charge < -0.3 is 19.9 Å². The van der Waals surface area contributed by atoms with E-state index in [1.807, 2.05) is 19.1 Å². The highest BCUT2D eigenvalue weighted by Gasteiger charge is 2.21. The summed E-state index contributed by atoms with van der Waals surface area (Å²) in [4.78, 5) is 0. The fraction of sp³-hybridized carbons (Fsp3) is 0.647. The van der Waals surface area contributed by atoms with Crippen molar-refractivity contribution in [3.63, 3.8) is 0 Å². The van der Waals surface area contributed by atoms with E-state index in [0.29, 0.717) is 13.2 Å². The predicted molar refractivity (Wildman–Crippen MR) is 83.9 cm³/mol. The van der Waals surface area contributed by atoms with Gasteiger partial charge in [0, 0.05) is 12.6 Å².